The minimum Gasteiger partial charge on any atom is -0.392 e. The summed E-state index contributed by atoms with van der Waals surface area (Å²) >= 11 is 0. The Morgan fingerprint density at radius 3 is 2.64 bits per heavy atom. The van der Waals surface area contributed by atoms with Crippen molar-refractivity contribution >= 4 is 0 Å². The summed E-state index contributed by atoms with van der Waals surface area (Å²) in [5.41, 5.74) is -0.154. The fourth-order valence-corrected chi connectivity index (χ4v) is 0.671. The molecule has 1 aromatic heterocycles. The molecule has 0 aromatic carbocycles. The van der Waals surface area contributed by atoms with Crippen LogP contribution in [-0.4, -0.2) is 10.2 Å². The minimum atomic E-state index is -0.485. The highest BCUT2D eigenvalue weighted by Gasteiger charge is 2.23. The summed E-state index contributed by atoms with van der Waals surface area (Å²) in [5.74, 6) is -0.00785. The van der Waals surface area contributed by atoms with E-state index in [1.54, 1.807) is 0 Å². The highest BCUT2D eigenvalue weighted by molar-refractivity contribution is 4.95. The lowest BCUT2D eigenvalue weighted by molar-refractivity contribution is 0.347. The molecule has 1 aromatic rings. The second kappa shape index (κ2) is 2.53. The van der Waals surface area contributed by atoms with Gasteiger partial charge in [0.05, 0.1) is 0 Å². The predicted octanol–water partition coefficient (Wildman–Crippen LogP) is 1.05. The van der Waals surface area contributed by atoms with Crippen molar-refractivity contribution < 1.29 is 4.42 Å². The van der Waals surface area contributed by atoms with Crippen molar-refractivity contribution in [3.63, 3.8) is 0 Å². The van der Waals surface area contributed by atoms with Gasteiger partial charge in [-0.3, -0.25) is 0 Å². The Kier molecular flexibility index (Phi) is 1.85. The van der Waals surface area contributed by atoms with E-state index in [4.69, 9.17) is 4.42 Å². The first kappa shape index (κ1) is 8.04. The van der Waals surface area contributed by atoms with Gasteiger partial charge < -0.3 is 4.42 Å². The molecule has 0 unspecified atom stereocenters. The molecule has 0 aliphatic heterocycles. The summed E-state index contributed by atoms with van der Waals surface area (Å²) in [5, 5.41) is 5.99. The zero-order valence-corrected chi connectivity index (χ0v) is 6.97. The summed E-state index contributed by atoms with van der Waals surface area (Å²) in [6.07, 6.45) is 0.890. The van der Waals surface area contributed by atoms with Crippen LogP contribution in [0.5, 0.6) is 0 Å². The molecule has 0 atom stereocenters. The van der Waals surface area contributed by atoms with Crippen LogP contribution < -0.4 is 5.76 Å². The van der Waals surface area contributed by atoms with Crippen molar-refractivity contribution in [3.8, 4) is 0 Å². The van der Waals surface area contributed by atoms with Crippen LogP contribution in [0.4, 0.5) is 0 Å². The monoisotopic (exact) mass is 156 g/mol. The first-order valence-corrected chi connectivity index (χ1v) is 3.62. The summed E-state index contributed by atoms with van der Waals surface area (Å²) in [4.78, 5) is 10.6. The maximum absolute atomic E-state index is 10.6. The van der Waals surface area contributed by atoms with Crippen LogP contribution in [0.25, 0.3) is 0 Å². The Morgan fingerprint density at radius 2 is 2.27 bits per heavy atom. The third kappa shape index (κ3) is 1.50. The molecule has 0 bridgehead atoms. The fraction of sp³-hybridized carbons (Fsp3) is 0.714. The van der Waals surface area contributed by atoms with E-state index in [0.29, 0.717) is 5.89 Å². The number of hydrogen-bond acceptors (Lipinski definition) is 3. The molecule has 0 aliphatic carbocycles. The molecule has 4 nitrogen and oxygen atoms in total. The van der Waals surface area contributed by atoms with Gasteiger partial charge in [0.1, 0.15) is 0 Å². The maximum atomic E-state index is 10.6. The molecule has 1 N–H and O–H groups in total. The van der Waals surface area contributed by atoms with E-state index in [1.807, 2.05) is 20.8 Å². The normalized spacial score (nSPS) is 11.9. The molecule has 0 amide bonds. The number of H-pyrrole nitrogens is 1. The van der Waals surface area contributed by atoms with Crippen molar-refractivity contribution in [1.82, 2.24) is 10.2 Å². The van der Waals surface area contributed by atoms with E-state index in [0.717, 1.165) is 6.42 Å². The van der Waals surface area contributed by atoms with Gasteiger partial charge >= 0.3 is 5.76 Å². The quantitative estimate of drug-likeness (QED) is 0.696. The van der Waals surface area contributed by atoms with Crippen molar-refractivity contribution in [2.45, 2.75) is 32.6 Å². The summed E-state index contributed by atoms with van der Waals surface area (Å²) in [6, 6.07) is 0. The lowest BCUT2D eigenvalue weighted by atomic mass is 9.90. The molecule has 1 heterocycles. The van der Waals surface area contributed by atoms with E-state index in [9.17, 15) is 4.79 Å². The fourth-order valence-electron chi connectivity index (χ4n) is 0.671. The summed E-state index contributed by atoms with van der Waals surface area (Å²) < 4.78 is 4.82. The number of hydrogen-bond donors (Lipinski definition) is 1. The highest BCUT2D eigenvalue weighted by Crippen LogP contribution is 2.22. The Hall–Kier alpha value is -1.06. The maximum Gasteiger partial charge on any atom is 0.434 e. The van der Waals surface area contributed by atoms with Gasteiger partial charge in [0.25, 0.3) is 0 Å². The van der Waals surface area contributed by atoms with E-state index in [2.05, 4.69) is 10.2 Å². The van der Waals surface area contributed by atoms with Gasteiger partial charge in [-0.05, 0) is 6.42 Å². The molecule has 11 heavy (non-hydrogen) atoms. The van der Waals surface area contributed by atoms with Crippen molar-refractivity contribution in [3.05, 3.63) is 16.4 Å². The smallest absolute Gasteiger partial charge is 0.392 e. The minimum absolute atomic E-state index is 0.154. The van der Waals surface area contributed by atoms with Crippen LogP contribution in [0.1, 0.15) is 33.1 Å². The van der Waals surface area contributed by atoms with Crippen LogP contribution in [0, 0.1) is 0 Å². The Balaban J connectivity index is 3.01. The van der Waals surface area contributed by atoms with Crippen LogP contribution in [0.15, 0.2) is 9.21 Å². The molecule has 0 aliphatic rings. The van der Waals surface area contributed by atoms with Gasteiger partial charge in [-0.15, -0.1) is 5.10 Å². The molecule has 0 saturated carbocycles. The van der Waals surface area contributed by atoms with Crippen LogP contribution >= 0.6 is 0 Å². The van der Waals surface area contributed by atoms with Gasteiger partial charge in [0, 0.05) is 5.41 Å². The number of nitrogens with one attached hydrogen (secondary N) is 1. The van der Waals surface area contributed by atoms with Gasteiger partial charge in [-0.1, -0.05) is 20.8 Å². The third-order valence-electron chi connectivity index (χ3n) is 1.90. The standard InChI is InChI=1S/C7H12N2O2/c1-4-7(2,3)5-8-9-6(10)11-5/h4H2,1-3H3,(H,9,10). The van der Waals surface area contributed by atoms with Crippen molar-refractivity contribution in [2.75, 3.05) is 0 Å². The molecule has 0 fully saturated rings. The molecule has 4 heteroatoms. The van der Waals surface area contributed by atoms with Gasteiger partial charge in [-0.2, -0.15) is 0 Å². The Morgan fingerprint density at radius 1 is 1.64 bits per heavy atom. The molecule has 0 radical (unpaired) electrons. The molecule has 1 rings (SSSR count). The highest BCUT2D eigenvalue weighted by atomic mass is 16.4. The van der Waals surface area contributed by atoms with Gasteiger partial charge in [0.2, 0.25) is 5.89 Å². The first-order valence-electron chi connectivity index (χ1n) is 3.62. The predicted molar refractivity (Wildman–Crippen MR) is 40.4 cm³/mol. The molecular formula is C7H12N2O2. The summed E-state index contributed by atoms with van der Waals surface area (Å²) in [6.45, 7) is 5.98. The van der Waals surface area contributed by atoms with Crippen LogP contribution in [0.3, 0.4) is 0 Å². The lowest BCUT2D eigenvalue weighted by Gasteiger charge is -2.15. The summed E-state index contributed by atoms with van der Waals surface area (Å²) in [7, 11) is 0. The van der Waals surface area contributed by atoms with Crippen molar-refractivity contribution in [2.24, 2.45) is 0 Å². The number of nitrogens with zero attached hydrogens (tertiary/aromatic N) is 1. The van der Waals surface area contributed by atoms with E-state index < -0.39 is 5.76 Å². The topological polar surface area (TPSA) is 58.9 Å². The Bertz CT molecular complexity index is 285. The number of rotatable bonds is 2. The van der Waals surface area contributed by atoms with Gasteiger partial charge in [0.15, 0.2) is 0 Å². The van der Waals surface area contributed by atoms with E-state index >= 15 is 0 Å². The van der Waals surface area contributed by atoms with Gasteiger partial charge in [-0.25, -0.2) is 9.89 Å². The molecule has 0 spiro atoms. The molecular weight excluding hydrogens is 144 g/mol. The first-order chi connectivity index (χ1) is 5.06. The van der Waals surface area contributed by atoms with Crippen LogP contribution in [-0.2, 0) is 5.41 Å². The second-order valence-corrected chi connectivity index (χ2v) is 3.16. The van der Waals surface area contributed by atoms with E-state index in [-0.39, 0.29) is 5.41 Å². The SMILES string of the molecule is CCC(C)(C)c1n[nH]c(=O)o1. The number of aromatic amines is 1. The largest absolute Gasteiger partial charge is 0.434 e. The average molecular weight is 156 g/mol. The number of aromatic nitrogens is 2. The third-order valence-corrected chi connectivity index (χ3v) is 1.90. The lowest BCUT2D eigenvalue weighted by Crippen LogP contribution is -2.15. The molecule has 0 saturated heterocycles. The van der Waals surface area contributed by atoms with Crippen LogP contribution in [0.2, 0.25) is 0 Å². The average Bonchev–Trinajstić information content (AvgIpc) is 2.36. The zero-order valence-electron chi connectivity index (χ0n) is 6.97. The van der Waals surface area contributed by atoms with Crippen molar-refractivity contribution in [1.29, 1.82) is 0 Å². The Labute approximate surface area is 64.6 Å². The van der Waals surface area contributed by atoms with E-state index in [1.165, 1.54) is 0 Å². The zero-order chi connectivity index (χ0) is 8.48. The molecule has 62 valence electrons. The second-order valence-electron chi connectivity index (χ2n) is 3.16.